The summed E-state index contributed by atoms with van der Waals surface area (Å²) in [7, 11) is 4.05. The molecule has 0 amide bonds. The normalized spacial score (nSPS) is 19.1. The lowest BCUT2D eigenvalue weighted by Crippen LogP contribution is -2.39. The van der Waals surface area contributed by atoms with Crippen molar-refractivity contribution in [1.29, 1.82) is 0 Å². The number of rotatable bonds is 5. The SMILES string of the molecule is CNC(C)c1ccc(Br)cc1N(C)CC1(O)CCCC1. The molecule has 0 aliphatic heterocycles. The van der Waals surface area contributed by atoms with Gasteiger partial charge in [-0.15, -0.1) is 0 Å². The van der Waals surface area contributed by atoms with Crippen molar-refractivity contribution in [3.05, 3.63) is 28.2 Å². The Hall–Kier alpha value is -0.580. The topological polar surface area (TPSA) is 35.5 Å². The van der Waals surface area contributed by atoms with Crippen LogP contribution in [-0.2, 0) is 0 Å². The van der Waals surface area contributed by atoms with E-state index in [-0.39, 0.29) is 0 Å². The van der Waals surface area contributed by atoms with E-state index in [4.69, 9.17) is 0 Å². The molecule has 0 bridgehead atoms. The second kappa shape index (κ2) is 6.46. The largest absolute Gasteiger partial charge is 0.388 e. The van der Waals surface area contributed by atoms with E-state index >= 15 is 0 Å². The molecule has 1 aliphatic carbocycles. The Morgan fingerprint density at radius 2 is 2.05 bits per heavy atom. The second-order valence-electron chi connectivity index (χ2n) is 6.00. The van der Waals surface area contributed by atoms with Gasteiger partial charge in [0.25, 0.3) is 0 Å². The van der Waals surface area contributed by atoms with Crippen molar-refractivity contribution in [2.45, 2.75) is 44.2 Å². The van der Waals surface area contributed by atoms with Gasteiger partial charge in [0.2, 0.25) is 0 Å². The van der Waals surface area contributed by atoms with Crippen molar-refractivity contribution in [2.24, 2.45) is 0 Å². The third kappa shape index (κ3) is 3.54. The molecule has 2 rings (SSSR count). The summed E-state index contributed by atoms with van der Waals surface area (Å²) in [6.45, 7) is 2.86. The maximum Gasteiger partial charge on any atom is 0.0821 e. The number of hydrogen-bond acceptors (Lipinski definition) is 3. The lowest BCUT2D eigenvalue weighted by molar-refractivity contribution is 0.0559. The van der Waals surface area contributed by atoms with E-state index < -0.39 is 5.60 Å². The van der Waals surface area contributed by atoms with Gasteiger partial charge in [0.1, 0.15) is 0 Å². The fourth-order valence-electron chi connectivity index (χ4n) is 3.09. The van der Waals surface area contributed by atoms with Gasteiger partial charge in [0.05, 0.1) is 5.60 Å². The van der Waals surface area contributed by atoms with E-state index in [0.29, 0.717) is 12.6 Å². The summed E-state index contributed by atoms with van der Waals surface area (Å²) >= 11 is 3.55. The Morgan fingerprint density at radius 1 is 1.40 bits per heavy atom. The number of anilines is 1. The Morgan fingerprint density at radius 3 is 2.65 bits per heavy atom. The van der Waals surface area contributed by atoms with Crippen molar-refractivity contribution in [3.8, 4) is 0 Å². The first-order valence-electron chi connectivity index (χ1n) is 7.35. The molecular weight excluding hydrogens is 316 g/mol. The molecule has 3 nitrogen and oxygen atoms in total. The summed E-state index contributed by atoms with van der Waals surface area (Å²) in [4.78, 5) is 2.19. The molecule has 0 spiro atoms. The molecule has 1 aliphatic rings. The number of hydrogen-bond donors (Lipinski definition) is 2. The summed E-state index contributed by atoms with van der Waals surface area (Å²) in [5, 5.41) is 13.9. The third-order valence-corrected chi connectivity index (χ3v) is 4.86. The molecule has 1 atom stereocenters. The molecule has 1 aromatic carbocycles. The highest BCUT2D eigenvalue weighted by molar-refractivity contribution is 9.10. The van der Waals surface area contributed by atoms with Gasteiger partial charge in [-0.2, -0.15) is 0 Å². The highest BCUT2D eigenvalue weighted by Gasteiger charge is 2.32. The maximum atomic E-state index is 10.6. The van der Waals surface area contributed by atoms with Gasteiger partial charge in [-0.1, -0.05) is 34.8 Å². The number of benzene rings is 1. The molecule has 0 heterocycles. The van der Waals surface area contributed by atoms with Crippen LogP contribution in [0.2, 0.25) is 0 Å². The molecule has 1 fully saturated rings. The van der Waals surface area contributed by atoms with E-state index in [9.17, 15) is 5.11 Å². The van der Waals surface area contributed by atoms with E-state index in [0.717, 1.165) is 30.2 Å². The number of halogens is 1. The molecule has 1 saturated carbocycles. The average molecular weight is 341 g/mol. The summed E-state index contributed by atoms with van der Waals surface area (Å²) in [5.74, 6) is 0. The first kappa shape index (κ1) is 15.8. The van der Waals surface area contributed by atoms with Crippen LogP contribution in [0.1, 0.15) is 44.2 Å². The molecule has 1 unspecified atom stereocenters. The van der Waals surface area contributed by atoms with Crippen LogP contribution in [0, 0.1) is 0 Å². The first-order chi connectivity index (χ1) is 9.45. The average Bonchev–Trinajstić information content (AvgIpc) is 2.84. The van der Waals surface area contributed by atoms with Crippen LogP contribution in [-0.4, -0.2) is 31.3 Å². The van der Waals surface area contributed by atoms with E-state index in [1.54, 1.807) is 0 Å². The maximum absolute atomic E-state index is 10.6. The summed E-state index contributed by atoms with van der Waals surface area (Å²) in [5.41, 5.74) is 1.93. The molecule has 112 valence electrons. The van der Waals surface area contributed by atoms with Gasteiger partial charge in [0, 0.05) is 29.8 Å². The zero-order chi connectivity index (χ0) is 14.8. The molecule has 4 heteroatoms. The lowest BCUT2D eigenvalue weighted by Gasteiger charge is -2.32. The van der Waals surface area contributed by atoms with Crippen LogP contribution in [0.5, 0.6) is 0 Å². The quantitative estimate of drug-likeness (QED) is 0.861. The predicted molar refractivity (Wildman–Crippen MR) is 88.3 cm³/mol. The van der Waals surface area contributed by atoms with Crippen LogP contribution < -0.4 is 10.2 Å². The van der Waals surface area contributed by atoms with Gasteiger partial charge in [-0.05, 0) is 44.5 Å². The number of nitrogens with one attached hydrogen (secondary N) is 1. The standard InChI is InChI=1S/C16H25BrN2O/c1-12(18-2)14-7-6-13(17)10-15(14)19(3)11-16(20)8-4-5-9-16/h6-7,10,12,18,20H,4-5,8-9,11H2,1-3H3. The van der Waals surface area contributed by atoms with Crippen LogP contribution in [0.4, 0.5) is 5.69 Å². The number of nitrogens with zero attached hydrogens (tertiary/aromatic N) is 1. The van der Waals surface area contributed by atoms with Crippen molar-refractivity contribution in [3.63, 3.8) is 0 Å². The Balaban J connectivity index is 2.23. The molecule has 20 heavy (non-hydrogen) atoms. The van der Waals surface area contributed by atoms with Crippen LogP contribution >= 0.6 is 15.9 Å². The van der Waals surface area contributed by atoms with Gasteiger partial charge in [0.15, 0.2) is 0 Å². The second-order valence-corrected chi connectivity index (χ2v) is 6.92. The monoisotopic (exact) mass is 340 g/mol. The highest BCUT2D eigenvalue weighted by Crippen LogP contribution is 2.34. The molecule has 0 radical (unpaired) electrons. The van der Waals surface area contributed by atoms with Crippen LogP contribution in [0.3, 0.4) is 0 Å². The van der Waals surface area contributed by atoms with Crippen molar-refractivity contribution in [1.82, 2.24) is 5.32 Å². The van der Waals surface area contributed by atoms with Crippen molar-refractivity contribution < 1.29 is 5.11 Å². The van der Waals surface area contributed by atoms with E-state index in [1.807, 2.05) is 7.05 Å². The Kier molecular flexibility index (Phi) is 5.10. The van der Waals surface area contributed by atoms with E-state index in [2.05, 4.69) is 58.3 Å². The minimum atomic E-state index is -0.517. The molecule has 2 N–H and O–H groups in total. The lowest BCUT2D eigenvalue weighted by atomic mass is 10.00. The zero-order valence-electron chi connectivity index (χ0n) is 12.6. The minimum Gasteiger partial charge on any atom is -0.388 e. The molecule has 0 saturated heterocycles. The van der Waals surface area contributed by atoms with Gasteiger partial charge < -0.3 is 15.3 Å². The van der Waals surface area contributed by atoms with Gasteiger partial charge >= 0.3 is 0 Å². The molecule has 0 aromatic heterocycles. The van der Waals surface area contributed by atoms with Gasteiger partial charge in [-0.25, -0.2) is 0 Å². The smallest absolute Gasteiger partial charge is 0.0821 e. The highest BCUT2D eigenvalue weighted by atomic mass is 79.9. The number of likely N-dealkylation sites (N-methyl/N-ethyl adjacent to an activating group) is 1. The molecule has 1 aromatic rings. The summed E-state index contributed by atoms with van der Waals surface area (Å²) in [6.07, 6.45) is 4.12. The predicted octanol–water partition coefficient (Wildman–Crippen LogP) is 3.47. The first-order valence-corrected chi connectivity index (χ1v) is 8.15. The van der Waals surface area contributed by atoms with Crippen molar-refractivity contribution in [2.75, 3.05) is 25.5 Å². The van der Waals surface area contributed by atoms with Crippen molar-refractivity contribution >= 4 is 21.6 Å². The Bertz CT molecular complexity index is 458. The zero-order valence-corrected chi connectivity index (χ0v) is 14.2. The van der Waals surface area contributed by atoms with Crippen LogP contribution in [0.25, 0.3) is 0 Å². The minimum absolute atomic E-state index is 0.291. The molecular formula is C16H25BrN2O. The summed E-state index contributed by atoms with van der Waals surface area (Å²) in [6, 6.07) is 6.65. The summed E-state index contributed by atoms with van der Waals surface area (Å²) < 4.78 is 1.07. The van der Waals surface area contributed by atoms with Gasteiger partial charge in [-0.3, -0.25) is 0 Å². The third-order valence-electron chi connectivity index (χ3n) is 4.37. The fourth-order valence-corrected chi connectivity index (χ4v) is 3.44. The van der Waals surface area contributed by atoms with E-state index in [1.165, 1.54) is 11.3 Å². The fraction of sp³-hybridized carbons (Fsp3) is 0.625. The van der Waals surface area contributed by atoms with Crippen LogP contribution in [0.15, 0.2) is 22.7 Å². The Labute approximate surface area is 130 Å². The number of aliphatic hydroxyl groups is 1.